The summed E-state index contributed by atoms with van der Waals surface area (Å²) in [6, 6.07) is 8.44. The summed E-state index contributed by atoms with van der Waals surface area (Å²) in [5, 5.41) is 11.0. The van der Waals surface area contributed by atoms with Gasteiger partial charge in [-0.3, -0.25) is 14.6 Å². The molecule has 1 aromatic carbocycles. The summed E-state index contributed by atoms with van der Waals surface area (Å²) in [4.78, 5) is 30.9. The number of Topliss-reactive ketones (excluding diaryl/α,β-unsaturated/α-hetero) is 1. The number of aliphatic hydroxyl groups excluding tert-OH is 1. The van der Waals surface area contributed by atoms with E-state index in [2.05, 4.69) is 4.98 Å². The molecule has 1 aliphatic rings. The molecule has 6 nitrogen and oxygen atoms in total. The zero-order valence-corrected chi connectivity index (χ0v) is 15.6. The van der Waals surface area contributed by atoms with E-state index in [4.69, 9.17) is 4.74 Å². The third kappa shape index (κ3) is 3.48. The van der Waals surface area contributed by atoms with Crippen molar-refractivity contribution in [3.8, 4) is 0 Å². The highest BCUT2D eigenvalue weighted by atomic mass is 16.5. The number of aromatic nitrogens is 1. The molecule has 1 fully saturated rings. The van der Waals surface area contributed by atoms with Crippen LogP contribution in [0.1, 0.15) is 28.3 Å². The molecule has 3 rings (SSSR count). The van der Waals surface area contributed by atoms with Crippen LogP contribution in [0.5, 0.6) is 0 Å². The van der Waals surface area contributed by atoms with E-state index >= 15 is 0 Å². The number of likely N-dealkylation sites (tertiary alicyclic amines) is 1. The van der Waals surface area contributed by atoms with E-state index in [1.54, 1.807) is 24.5 Å². The summed E-state index contributed by atoms with van der Waals surface area (Å²) in [5.74, 6) is -1.48. The average molecular weight is 366 g/mol. The highest BCUT2D eigenvalue weighted by molar-refractivity contribution is 6.46. The molecule has 1 atom stereocenters. The zero-order valence-electron chi connectivity index (χ0n) is 15.6. The maximum absolute atomic E-state index is 12.8. The molecular formula is C21H22N2O4. The summed E-state index contributed by atoms with van der Waals surface area (Å²) in [6.07, 6.45) is 3.20. The van der Waals surface area contributed by atoms with Gasteiger partial charge in [0.2, 0.25) is 0 Å². The Morgan fingerprint density at radius 2 is 1.89 bits per heavy atom. The van der Waals surface area contributed by atoms with Gasteiger partial charge >= 0.3 is 0 Å². The van der Waals surface area contributed by atoms with Gasteiger partial charge in [0.05, 0.1) is 18.2 Å². The molecule has 0 bridgehead atoms. The van der Waals surface area contributed by atoms with Crippen molar-refractivity contribution >= 4 is 17.4 Å². The van der Waals surface area contributed by atoms with Gasteiger partial charge in [-0.05, 0) is 43.2 Å². The van der Waals surface area contributed by atoms with Crippen LogP contribution in [-0.4, -0.2) is 46.9 Å². The van der Waals surface area contributed by atoms with Gasteiger partial charge in [0.15, 0.2) is 0 Å². The smallest absolute Gasteiger partial charge is 0.295 e. The van der Waals surface area contributed by atoms with Crippen molar-refractivity contribution in [2.45, 2.75) is 19.9 Å². The topological polar surface area (TPSA) is 79.7 Å². The third-order valence-electron chi connectivity index (χ3n) is 4.75. The lowest BCUT2D eigenvalue weighted by Gasteiger charge is -2.25. The van der Waals surface area contributed by atoms with Crippen LogP contribution in [0.2, 0.25) is 0 Å². The molecule has 1 N–H and O–H groups in total. The number of pyridine rings is 1. The summed E-state index contributed by atoms with van der Waals surface area (Å²) in [7, 11) is 1.54. The maximum Gasteiger partial charge on any atom is 0.295 e. The Labute approximate surface area is 158 Å². The van der Waals surface area contributed by atoms with E-state index in [9.17, 15) is 14.7 Å². The van der Waals surface area contributed by atoms with E-state index in [1.807, 2.05) is 32.0 Å². The Morgan fingerprint density at radius 3 is 2.56 bits per heavy atom. The number of carbonyl (C=O) groups is 2. The monoisotopic (exact) mass is 366 g/mol. The van der Waals surface area contributed by atoms with Gasteiger partial charge < -0.3 is 14.7 Å². The Hall–Kier alpha value is -2.99. The van der Waals surface area contributed by atoms with E-state index in [-0.39, 0.29) is 24.5 Å². The zero-order chi connectivity index (χ0) is 19.6. The SMILES string of the molecule is COCCN1C(=O)C(=O)/C(=C(\O)c2cc(C)ccc2C)C1c1ccncc1. The summed E-state index contributed by atoms with van der Waals surface area (Å²) in [6.45, 7) is 4.31. The number of carbonyl (C=O) groups excluding carboxylic acids is 2. The molecule has 27 heavy (non-hydrogen) atoms. The second kappa shape index (κ2) is 7.72. The number of rotatable bonds is 5. The van der Waals surface area contributed by atoms with Crippen LogP contribution in [0, 0.1) is 13.8 Å². The molecule has 2 aromatic rings. The van der Waals surface area contributed by atoms with Crippen molar-refractivity contribution in [3.63, 3.8) is 0 Å². The number of ether oxygens (including phenoxy) is 1. The first-order chi connectivity index (χ1) is 13.0. The summed E-state index contributed by atoms with van der Waals surface area (Å²) >= 11 is 0. The Bertz CT molecular complexity index is 906. The van der Waals surface area contributed by atoms with Gasteiger partial charge in [-0.1, -0.05) is 17.7 Å². The molecular weight excluding hydrogens is 344 g/mol. The fraction of sp³-hybridized carbons (Fsp3) is 0.286. The van der Waals surface area contributed by atoms with Crippen LogP contribution in [0.3, 0.4) is 0 Å². The molecule has 1 amide bonds. The highest BCUT2D eigenvalue weighted by Gasteiger charge is 2.45. The van der Waals surface area contributed by atoms with Crippen LogP contribution in [-0.2, 0) is 14.3 Å². The summed E-state index contributed by atoms with van der Waals surface area (Å²) < 4.78 is 5.09. The normalized spacial score (nSPS) is 18.9. The van der Waals surface area contributed by atoms with Crippen molar-refractivity contribution in [1.82, 2.24) is 9.88 Å². The molecule has 0 spiro atoms. The molecule has 1 saturated heterocycles. The van der Waals surface area contributed by atoms with E-state index in [0.717, 1.165) is 11.1 Å². The van der Waals surface area contributed by atoms with Gasteiger partial charge in [0.25, 0.3) is 11.7 Å². The van der Waals surface area contributed by atoms with Crippen LogP contribution in [0.4, 0.5) is 0 Å². The number of amides is 1. The molecule has 1 aliphatic heterocycles. The van der Waals surface area contributed by atoms with E-state index in [1.165, 1.54) is 12.0 Å². The predicted octanol–water partition coefficient (Wildman–Crippen LogP) is 2.77. The van der Waals surface area contributed by atoms with Gasteiger partial charge in [-0.25, -0.2) is 0 Å². The lowest BCUT2D eigenvalue weighted by Crippen LogP contribution is -2.32. The molecule has 1 aromatic heterocycles. The lowest BCUT2D eigenvalue weighted by atomic mass is 9.94. The molecule has 0 radical (unpaired) electrons. The number of hydrogen-bond donors (Lipinski definition) is 1. The fourth-order valence-corrected chi connectivity index (χ4v) is 3.33. The lowest BCUT2D eigenvalue weighted by molar-refractivity contribution is -0.140. The molecule has 2 heterocycles. The predicted molar refractivity (Wildman–Crippen MR) is 101 cm³/mol. The second-order valence-electron chi connectivity index (χ2n) is 6.58. The molecule has 1 unspecified atom stereocenters. The second-order valence-corrected chi connectivity index (χ2v) is 6.58. The van der Waals surface area contributed by atoms with Crippen molar-refractivity contribution in [3.05, 3.63) is 70.6 Å². The van der Waals surface area contributed by atoms with Gasteiger partial charge in [0.1, 0.15) is 5.76 Å². The number of methoxy groups -OCH3 is 1. The maximum atomic E-state index is 12.8. The average Bonchev–Trinajstić information content (AvgIpc) is 2.93. The fourth-order valence-electron chi connectivity index (χ4n) is 3.33. The first-order valence-corrected chi connectivity index (χ1v) is 8.70. The van der Waals surface area contributed by atoms with Crippen LogP contribution >= 0.6 is 0 Å². The molecule has 0 aliphatic carbocycles. The molecule has 140 valence electrons. The van der Waals surface area contributed by atoms with Crippen molar-refractivity contribution < 1.29 is 19.4 Å². The summed E-state index contributed by atoms with van der Waals surface area (Å²) in [5.41, 5.74) is 3.15. The van der Waals surface area contributed by atoms with Gasteiger partial charge in [0, 0.05) is 31.6 Å². The van der Waals surface area contributed by atoms with E-state index < -0.39 is 17.7 Å². The number of aryl methyl sites for hydroxylation is 2. The minimum Gasteiger partial charge on any atom is -0.507 e. The minimum atomic E-state index is -0.689. The number of aliphatic hydroxyl groups is 1. The van der Waals surface area contributed by atoms with E-state index in [0.29, 0.717) is 11.1 Å². The third-order valence-corrected chi connectivity index (χ3v) is 4.75. The standard InChI is InChI=1S/C21H22N2O4/c1-13-4-5-14(2)16(12-13)19(24)17-18(15-6-8-22-9-7-15)23(10-11-27-3)21(26)20(17)25/h4-9,12,18,24H,10-11H2,1-3H3/b19-17-. The Balaban J connectivity index is 2.20. The Kier molecular flexibility index (Phi) is 5.37. The van der Waals surface area contributed by atoms with Crippen molar-refractivity contribution in [2.75, 3.05) is 20.3 Å². The molecule has 6 heteroatoms. The van der Waals surface area contributed by atoms with Gasteiger partial charge in [-0.15, -0.1) is 0 Å². The minimum absolute atomic E-state index is 0.0935. The molecule has 0 saturated carbocycles. The number of nitrogens with zero attached hydrogens (tertiary/aromatic N) is 2. The number of benzene rings is 1. The first-order valence-electron chi connectivity index (χ1n) is 8.70. The van der Waals surface area contributed by atoms with Gasteiger partial charge in [-0.2, -0.15) is 0 Å². The largest absolute Gasteiger partial charge is 0.507 e. The van der Waals surface area contributed by atoms with Crippen molar-refractivity contribution in [2.24, 2.45) is 0 Å². The van der Waals surface area contributed by atoms with Crippen LogP contribution < -0.4 is 0 Å². The quantitative estimate of drug-likeness (QED) is 0.500. The highest BCUT2D eigenvalue weighted by Crippen LogP contribution is 2.39. The number of ketones is 1. The number of hydrogen-bond acceptors (Lipinski definition) is 5. The Morgan fingerprint density at radius 1 is 1.19 bits per heavy atom. The van der Waals surface area contributed by atoms with Crippen LogP contribution in [0.25, 0.3) is 5.76 Å². The van der Waals surface area contributed by atoms with Crippen LogP contribution in [0.15, 0.2) is 48.3 Å². The first kappa shape index (κ1) is 18.8. The van der Waals surface area contributed by atoms with Crippen molar-refractivity contribution in [1.29, 1.82) is 0 Å².